The summed E-state index contributed by atoms with van der Waals surface area (Å²) in [5.74, 6) is 1.12. The van der Waals surface area contributed by atoms with E-state index in [1.807, 2.05) is 0 Å². The third-order valence-electron chi connectivity index (χ3n) is 2.60. The summed E-state index contributed by atoms with van der Waals surface area (Å²) in [5.41, 5.74) is 2.98. The van der Waals surface area contributed by atoms with E-state index >= 15 is 0 Å². The lowest BCUT2D eigenvalue weighted by molar-refractivity contribution is 0.248. The van der Waals surface area contributed by atoms with E-state index in [9.17, 15) is 0 Å². The number of hydrogen-bond donors (Lipinski definition) is 0. The highest BCUT2D eigenvalue weighted by atomic mass is 16.5. The second-order valence-electron chi connectivity index (χ2n) is 3.57. The standard InChI is InChI=1S/C12H16O/c1-2-5-10-8-9-13-12-7-4-3-6-11(10)12/h4,7-8H,2-3,5-6,9H2,1H3. The Morgan fingerprint density at radius 2 is 2.38 bits per heavy atom. The first-order chi connectivity index (χ1) is 6.42. The molecule has 0 spiro atoms. The highest BCUT2D eigenvalue weighted by Gasteiger charge is 2.16. The molecule has 0 unspecified atom stereocenters. The Bertz CT molecular complexity index is 281. The topological polar surface area (TPSA) is 9.23 Å². The van der Waals surface area contributed by atoms with Crippen molar-refractivity contribution in [3.05, 3.63) is 35.1 Å². The zero-order chi connectivity index (χ0) is 9.10. The van der Waals surface area contributed by atoms with Crippen LogP contribution in [-0.2, 0) is 4.74 Å². The smallest absolute Gasteiger partial charge is 0.122 e. The lowest BCUT2D eigenvalue weighted by Gasteiger charge is -2.22. The molecule has 0 saturated heterocycles. The zero-order valence-corrected chi connectivity index (χ0v) is 8.18. The Morgan fingerprint density at radius 1 is 1.46 bits per heavy atom. The van der Waals surface area contributed by atoms with E-state index in [0.29, 0.717) is 0 Å². The normalized spacial score (nSPS) is 20.8. The zero-order valence-electron chi connectivity index (χ0n) is 8.18. The van der Waals surface area contributed by atoms with Gasteiger partial charge in [0.2, 0.25) is 0 Å². The summed E-state index contributed by atoms with van der Waals surface area (Å²) < 4.78 is 5.57. The van der Waals surface area contributed by atoms with Gasteiger partial charge in [0.1, 0.15) is 12.4 Å². The van der Waals surface area contributed by atoms with Crippen molar-refractivity contribution in [3.63, 3.8) is 0 Å². The van der Waals surface area contributed by atoms with Gasteiger partial charge in [0, 0.05) is 0 Å². The third-order valence-corrected chi connectivity index (χ3v) is 2.60. The number of rotatable bonds is 2. The molecule has 0 aromatic carbocycles. The Hall–Kier alpha value is -0.980. The Morgan fingerprint density at radius 3 is 3.23 bits per heavy atom. The average Bonchev–Trinajstić information content (AvgIpc) is 2.19. The summed E-state index contributed by atoms with van der Waals surface area (Å²) in [6.45, 7) is 2.99. The third kappa shape index (κ3) is 1.69. The van der Waals surface area contributed by atoms with Crippen LogP contribution < -0.4 is 0 Å². The molecule has 0 N–H and O–H groups in total. The van der Waals surface area contributed by atoms with Crippen molar-refractivity contribution in [3.8, 4) is 0 Å². The molecule has 2 aliphatic rings. The van der Waals surface area contributed by atoms with Crippen molar-refractivity contribution >= 4 is 0 Å². The van der Waals surface area contributed by atoms with Crippen LogP contribution in [0.4, 0.5) is 0 Å². The summed E-state index contributed by atoms with van der Waals surface area (Å²) in [6, 6.07) is 0. The Kier molecular flexibility index (Phi) is 2.53. The summed E-state index contributed by atoms with van der Waals surface area (Å²) in [7, 11) is 0. The molecule has 1 aliphatic carbocycles. The van der Waals surface area contributed by atoms with Crippen molar-refractivity contribution in [1.82, 2.24) is 0 Å². The van der Waals surface area contributed by atoms with Gasteiger partial charge < -0.3 is 4.74 Å². The van der Waals surface area contributed by atoms with Crippen LogP contribution in [0.3, 0.4) is 0 Å². The molecule has 1 nitrogen and oxygen atoms in total. The van der Waals surface area contributed by atoms with Crippen LogP contribution in [0, 0.1) is 0 Å². The molecule has 0 amide bonds. The van der Waals surface area contributed by atoms with Gasteiger partial charge in [-0.25, -0.2) is 0 Å². The summed E-state index contributed by atoms with van der Waals surface area (Å²) in [6.07, 6.45) is 11.3. The monoisotopic (exact) mass is 176 g/mol. The van der Waals surface area contributed by atoms with Crippen LogP contribution in [0.25, 0.3) is 0 Å². The molecule has 70 valence electrons. The maximum atomic E-state index is 5.57. The molecule has 0 aromatic heterocycles. The lowest BCUT2D eigenvalue weighted by atomic mass is 9.92. The SMILES string of the molecule is CCCC1=CCOC2=C1CCC=C2. The second kappa shape index (κ2) is 3.82. The van der Waals surface area contributed by atoms with Crippen LogP contribution in [0.2, 0.25) is 0 Å². The van der Waals surface area contributed by atoms with Crippen LogP contribution in [0.15, 0.2) is 35.1 Å². The van der Waals surface area contributed by atoms with Gasteiger partial charge in [-0.3, -0.25) is 0 Å². The van der Waals surface area contributed by atoms with E-state index in [-0.39, 0.29) is 0 Å². The molecule has 0 saturated carbocycles. The van der Waals surface area contributed by atoms with Crippen molar-refractivity contribution < 1.29 is 4.74 Å². The fourth-order valence-electron chi connectivity index (χ4n) is 1.97. The van der Waals surface area contributed by atoms with E-state index in [0.717, 1.165) is 18.8 Å². The molecule has 1 heteroatoms. The van der Waals surface area contributed by atoms with E-state index in [1.165, 1.54) is 30.4 Å². The molecule has 1 aliphatic heterocycles. The first kappa shape index (κ1) is 8.61. The van der Waals surface area contributed by atoms with Crippen molar-refractivity contribution in [2.24, 2.45) is 0 Å². The molecule has 0 aromatic rings. The molecule has 0 bridgehead atoms. The summed E-state index contributed by atoms with van der Waals surface area (Å²) in [4.78, 5) is 0. The van der Waals surface area contributed by atoms with Gasteiger partial charge in [-0.05, 0) is 42.6 Å². The molecule has 0 radical (unpaired) electrons. The number of hydrogen-bond acceptors (Lipinski definition) is 1. The first-order valence-corrected chi connectivity index (χ1v) is 5.13. The van der Waals surface area contributed by atoms with Gasteiger partial charge in [0.25, 0.3) is 0 Å². The van der Waals surface area contributed by atoms with Crippen LogP contribution in [0.5, 0.6) is 0 Å². The van der Waals surface area contributed by atoms with Gasteiger partial charge in [0.05, 0.1) is 0 Å². The van der Waals surface area contributed by atoms with Gasteiger partial charge in [-0.15, -0.1) is 0 Å². The predicted molar refractivity (Wildman–Crippen MR) is 54.3 cm³/mol. The molecular weight excluding hydrogens is 160 g/mol. The van der Waals surface area contributed by atoms with Gasteiger partial charge >= 0.3 is 0 Å². The van der Waals surface area contributed by atoms with Crippen molar-refractivity contribution in [2.45, 2.75) is 32.6 Å². The molecule has 2 rings (SSSR count). The maximum Gasteiger partial charge on any atom is 0.122 e. The van der Waals surface area contributed by atoms with Crippen LogP contribution >= 0.6 is 0 Å². The second-order valence-corrected chi connectivity index (χ2v) is 3.57. The van der Waals surface area contributed by atoms with Gasteiger partial charge in [-0.2, -0.15) is 0 Å². The average molecular weight is 176 g/mol. The molecule has 1 heterocycles. The molecule has 0 atom stereocenters. The fourth-order valence-corrected chi connectivity index (χ4v) is 1.97. The largest absolute Gasteiger partial charge is 0.489 e. The van der Waals surface area contributed by atoms with Gasteiger partial charge in [0.15, 0.2) is 0 Å². The van der Waals surface area contributed by atoms with E-state index in [1.54, 1.807) is 0 Å². The van der Waals surface area contributed by atoms with Crippen molar-refractivity contribution in [2.75, 3.05) is 6.61 Å². The van der Waals surface area contributed by atoms with Crippen LogP contribution in [0.1, 0.15) is 32.6 Å². The van der Waals surface area contributed by atoms with Crippen molar-refractivity contribution in [1.29, 1.82) is 0 Å². The minimum absolute atomic E-state index is 0.762. The minimum Gasteiger partial charge on any atom is -0.489 e. The van der Waals surface area contributed by atoms with Gasteiger partial charge in [-0.1, -0.05) is 19.4 Å². The Labute approximate surface area is 79.8 Å². The molecular formula is C12H16O. The summed E-state index contributed by atoms with van der Waals surface area (Å²) >= 11 is 0. The van der Waals surface area contributed by atoms with Crippen LogP contribution in [-0.4, -0.2) is 6.61 Å². The highest BCUT2D eigenvalue weighted by Crippen LogP contribution is 2.31. The number of allylic oxidation sites excluding steroid dienone is 4. The van der Waals surface area contributed by atoms with E-state index in [4.69, 9.17) is 4.74 Å². The minimum atomic E-state index is 0.762. The predicted octanol–water partition coefficient (Wildman–Crippen LogP) is 3.35. The van der Waals surface area contributed by atoms with E-state index in [2.05, 4.69) is 25.2 Å². The summed E-state index contributed by atoms with van der Waals surface area (Å²) in [5, 5.41) is 0. The fraction of sp³-hybridized carbons (Fsp3) is 0.500. The lowest BCUT2D eigenvalue weighted by Crippen LogP contribution is -2.08. The number of ether oxygens (including phenoxy) is 1. The highest BCUT2D eigenvalue weighted by molar-refractivity contribution is 5.41. The van der Waals surface area contributed by atoms with E-state index < -0.39 is 0 Å². The maximum absolute atomic E-state index is 5.57. The molecule has 13 heavy (non-hydrogen) atoms. The molecule has 0 fully saturated rings. The Balaban J connectivity index is 2.23. The first-order valence-electron chi connectivity index (χ1n) is 5.13. The quantitative estimate of drug-likeness (QED) is 0.627.